The molecule has 2 aromatic rings. The lowest BCUT2D eigenvalue weighted by atomic mass is 10.0. The Bertz CT molecular complexity index is 677. The van der Waals surface area contributed by atoms with E-state index >= 15 is 0 Å². The Hall–Kier alpha value is -2.14. The number of hydrogen-bond donors (Lipinski definition) is 0. The zero-order chi connectivity index (χ0) is 15.5. The molecule has 1 amide bonds. The number of thiophene rings is 1. The second-order valence-corrected chi connectivity index (χ2v) is 6.06. The van der Waals surface area contributed by atoms with Crippen LogP contribution in [0.2, 0.25) is 0 Å². The molecule has 114 valence electrons. The lowest BCUT2D eigenvalue weighted by Gasteiger charge is -2.20. The van der Waals surface area contributed by atoms with Crippen LogP contribution in [0, 0.1) is 0 Å². The summed E-state index contributed by atoms with van der Waals surface area (Å²) in [4.78, 5) is 13.0. The van der Waals surface area contributed by atoms with E-state index in [1.807, 2.05) is 48.7 Å². The van der Waals surface area contributed by atoms with E-state index in [0.717, 1.165) is 28.3 Å². The number of nitrogens with zero attached hydrogens (tertiary/aromatic N) is 2. The van der Waals surface area contributed by atoms with Crippen LogP contribution < -0.4 is 4.74 Å². The van der Waals surface area contributed by atoms with E-state index in [9.17, 15) is 4.79 Å². The number of carbonyl (C=O) groups is 1. The summed E-state index contributed by atoms with van der Waals surface area (Å²) in [6.07, 6.45) is 0.744. The molecule has 1 aliphatic heterocycles. The van der Waals surface area contributed by atoms with Crippen LogP contribution in [0.15, 0.2) is 46.9 Å². The third-order valence-corrected chi connectivity index (χ3v) is 4.53. The first-order chi connectivity index (χ1) is 10.7. The normalized spacial score (nSPS) is 17.5. The Balaban J connectivity index is 1.85. The van der Waals surface area contributed by atoms with Crippen molar-refractivity contribution in [2.45, 2.75) is 26.3 Å². The van der Waals surface area contributed by atoms with Crippen LogP contribution in [0.25, 0.3) is 0 Å². The van der Waals surface area contributed by atoms with E-state index in [4.69, 9.17) is 4.74 Å². The van der Waals surface area contributed by atoms with E-state index in [0.29, 0.717) is 6.61 Å². The van der Waals surface area contributed by atoms with Gasteiger partial charge in [-0.05, 0) is 36.1 Å². The van der Waals surface area contributed by atoms with Gasteiger partial charge in [-0.1, -0.05) is 18.2 Å². The maximum absolute atomic E-state index is 11.9. The van der Waals surface area contributed by atoms with Crippen molar-refractivity contribution in [1.29, 1.82) is 0 Å². The van der Waals surface area contributed by atoms with Gasteiger partial charge >= 0.3 is 0 Å². The van der Waals surface area contributed by atoms with Crippen molar-refractivity contribution in [3.8, 4) is 5.75 Å². The van der Waals surface area contributed by atoms with Crippen molar-refractivity contribution in [3.05, 3.63) is 52.2 Å². The minimum atomic E-state index is -0.0368. The average Bonchev–Trinajstić information content (AvgIpc) is 3.17. The number of hydrogen-bond acceptors (Lipinski definition) is 4. The number of hydrazone groups is 1. The highest BCUT2D eigenvalue weighted by atomic mass is 32.1. The number of ether oxygens (including phenoxy) is 1. The standard InChI is InChI=1S/C17H18N2O2S/c1-3-21-14-8-6-13(7-9-14)16-11-15(17-5-4-10-22-17)18-19(16)12(2)20/h4-10,16H,3,11H2,1-2H3. The van der Waals surface area contributed by atoms with Gasteiger partial charge in [0.05, 0.1) is 23.2 Å². The molecule has 1 aromatic carbocycles. The predicted octanol–water partition coefficient (Wildman–Crippen LogP) is 3.84. The molecular weight excluding hydrogens is 296 g/mol. The maximum Gasteiger partial charge on any atom is 0.240 e. The Morgan fingerprint density at radius 3 is 2.73 bits per heavy atom. The van der Waals surface area contributed by atoms with Crippen LogP contribution in [0.4, 0.5) is 0 Å². The third kappa shape index (κ3) is 2.90. The smallest absolute Gasteiger partial charge is 0.240 e. The van der Waals surface area contributed by atoms with Crippen LogP contribution in [0.5, 0.6) is 5.75 Å². The highest BCUT2D eigenvalue weighted by molar-refractivity contribution is 7.12. The number of rotatable bonds is 4. The molecule has 2 heterocycles. The molecule has 1 aromatic heterocycles. The largest absolute Gasteiger partial charge is 0.494 e. The summed E-state index contributed by atoms with van der Waals surface area (Å²) >= 11 is 1.65. The lowest BCUT2D eigenvalue weighted by molar-refractivity contribution is -0.130. The van der Waals surface area contributed by atoms with Gasteiger partial charge in [0.2, 0.25) is 5.91 Å². The number of carbonyl (C=O) groups excluding carboxylic acids is 1. The van der Waals surface area contributed by atoms with Crippen molar-refractivity contribution >= 4 is 23.0 Å². The van der Waals surface area contributed by atoms with E-state index < -0.39 is 0 Å². The molecule has 0 saturated heterocycles. The first-order valence-corrected chi connectivity index (χ1v) is 8.21. The summed E-state index contributed by atoms with van der Waals surface area (Å²) in [5.74, 6) is 0.809. The maximum atomic E-state index is 11.9. The van der Waals surface area contributed by atoms with Gasteiger partial charge in [-0.15, -0.1) is 11.3 Å². The second kappa shape index (κ2) is 6.32. The van der Waals surface area contributed by atoms with Crippen molar-refractivity contribution < 1.29 is 9.53 Å². The fourth-order valence-corrected chi connectivity index (χ4v) is 3.33. The summed E-state index contributed by atoms with van der Waals surface area (Å²) in [5, 5.41) is 8.14. The molecule has 0 saturated carbocycles. The van der Waals surface area contributed by atoms with E-state index in [1.54, 1.807) is 23.3 Å². The summed E-state index contributed by atoms with van der Waals surface area (Å²) in [7, 11) is 0. The number of benzene rings is 1. The molecule has 0 N–H and O–H groups in total. The zero-order valence-corrected chi connectivity index (χ0v) is 13.5. The Morgan fingerprint density at radius 2 is 2.14 bits per heavy atom. The van der Waals surface area contributed by atoms with Gasteiger partial charge in [0, 0.05) is 13.3 Å². The van der Waals surface area contributed by atoms with Crippen LogP contribution in [0.3, 0.4) is 0 Å². The van der Waals surface area contributed by atoms with Crippen LogP contribution in [0.1, 0.15) is 36.8 Å². The van der Waals surface area contributed by atoms with Gasteiger partial charge in [0.1, 0.15) is 5.75 Å². The molecule has 1 atom stereocenters. The quantitative estimate of drug-likeness (QED) is 0.860. The molecule has 1 aliphatic rings. The molecule has 22 heavy (non-hydrogen) atoms. The SMILES string of the molecule is CCOc1ccc(C2CC(c3cccs3)=NN2C(C)=O)cc1. The molecule has 0 bridgehead atoms. The Labute approximate surface area is 134 Å². The highest BCUT2D eigenvalue weighted by Gasteiger charge is 2.31. The van der Waals surface area contributed by atoms with Crippen LogP contribution in [-0.2, 0) is 4.79 Å². The fraction of sp³-hybridized carbons (Fsp3) is 0.294. The fourth-order valence-electron chi connectivity index (χ4n) is 2.60. The predicted molar refractivity (Wildman–Crippen MR) is 88.3 cm³/mol. The zero-order valence-electron chi connectivity index (χ0n) is 12.7. The molecular formula is C17H18N2O2S. The van der Waals surface area contributed by atoms with Gasteiger partial charge in [0.25, 0.3) is 0 Å². The van der Waals surface area contributed by atoms with Crippen molar-refractivity contribution in [2.75, 3.05) is 6.61 Å². The second-order valence-electron chi connectivity index (χ2n) is 5.11. The topological polar surface area (TPSA) is 41.9 Å². The lowest BCUT2D eigenvalue weighted by Crippen LogP contribution is -2.24. The van der Waals surface area contributed by atoms with E-state index in [-0.39, 0.29) is 11.9 Å². The van der Waals surface area contributed by atoms with Gasteiger partial charge in [-0.2, -0.15) is 5.10 Å². The summed E-state index contributed by atoms with van der Waals surface area (Å²) in [5.41, 5.74) is 2.05. The molecule has 0 aliphatic carbocycles. The minimum absolute atomic E-state index is 0.0366. The van der Waals surface area contributed by atoms with Gasteiger partial charge < -0.3 is 4.74 Å². The highest BCUT2D eigenvalue weighted by Crippen LogP contribution is 2.34. The molecule has 4 nitrogen and oxygen atoms in total. The van der Waals surface area contributed by atoms with Crippen molar-refractivity contribution in [2.24, 2.45) is 5.10 Å². The van der Waals surface area contributed by atoms with Crippen LogP contribution >= 0.6 is 11.3 Å². The van der Waals surface area contributed by atoms with Gasteiger partial charge in [-0.25, -0.2) is 5.01 Å². The van der Waals surface area contributed by atoms with Gasteiger partial charge in [-0.3, -0.25) is 4.79 Å². The Morgan fingerprint density at radius 1 is 1.36 bits per heavy atom. The van der Waals surface area contributed by atoms with E-state index in [1.165, 1.54) is 0 Å². The van der Waals surface area contributed by atoms with Crippen LogP contribution in [-0.4, -0.2) is 23.2 Å². The molecule has 0 fully saturated rings. The third-order valence-electron chi connectivity index (χ3n) is 3.61. The van der Waals surface area contributed by atoms with E-state index in [2.05, 4.69) is 5.10 Å². The number of amides is 1. The molecule has 0 radical (unpaired) electrons. The van der Waals surface area contributed by atoms with Crippen molar-refractivity contribution in [3.63, 3.8) is 0 Å². The summed E-state index contributed by atoms with van der Waals surface area (Å²) in [6.45, 7) is 4.17. The first kappa shape index (κ1) is 14.8. The summed E-state index contributed by atoms with van der Waals surface area (Å²) < 4.78 is 5.47. The average molecular weight is 314 g/mol. The Kier molecular flexibility index (Phi) is 4.24. The molecule has 1 unspecified atom stereocenters. The first-order valence-electron chi connectivity index (χ1n) is 7.33. The molecule has 5 heteroatoms. The van der Waals surface area contributed by atoms with Crippen molar-refractivity contribution in [1.82, 2.24) is 5.01 Å². The molecule has 0 spiro atoms. The minimum Gasteiger partial charge on any atom is -0.494 e. The molecule has 3 rings (SSSR count). The van der Waals surface area contributed by atoms with Gasteiger partial charge in [0.15, 0.2) is 0 Å². The monoisotopic (exact) mass is 314 g/mol. The summed E-state index contributed by atoms with van der Waals surface area (Å²) in [6, 6.07) is 11.9.